The molecule has 170 valence electrons. The van der Waals surface area contributed by atoms with Gasteiger partial charge >= 0.3 is 0 Å². The van der Waals surface area contributed by atoms with Crippen LogP contribution in [0.15, 0.2) is 12.4 Å². The van der Waals surface area contributed by atoms with Gasteiger partial charge in [-0.15, -0.1) is 0 Å². The van der Waals surface area contributed by atoms with Crippen molar-refractivity contribution in [1.29, 1.82) is 5.26 Å². The predicted molar refractivity (Wildman–Crippen MR) is 113 cm³/mol. The Morgan fingerprint density at radius 3 is 2.65 bits per heavy atom. The van der Waals surface area contributed by atoms with Gasteiger partial charge in [-0.2, -0.15) is 10.4 Å². The van der Waals surface area contributed by atoms with Crippen molar-refractivity contribution in [2.24, 2.45) is 40.9 Å². The molecule has 4 nitrogen and oxygen atoms in total. The first-order chi connectivity index (χ1) is 14.6. The molecule has 0 amide bonds. The highest BCUT2D eigenvalue weighted by Crippen LogP contribution is 2.66. The quantitative estimate of drug-likeness (QED) is 0.696. The monoisotopic (exact) mass is 431 g/mol. The van der Waals surface area contributed by atoms with E-state index in [1.807, 2.05) is 13.0 Å². The van der Waals surface area contributed by atoms with Crippen molar-refractivity contribution in [3.05, 3.63) is 18.0 Å². The number of nitriles is 1. The van der Waals surface area contributed by atoms with Crippen LogP contribution in [0.25, 0.3) is 0 Å². The molecule has 0 spiro atoms. The van der Waals surface area contributed by atoms with Crippen molar-refractivity contribution >= 4 is 0 Å². The normalized spacial score (nSPS) is 44.8. The fourth-order valence-corrected chi connectivity index (χ4v) is 8.61. The third kappa shape index (κ3) is 3.52. The number of halogens is 2. The summed E-state index contributed by atoms with van der Waals surface area (Å²) in [5.41, 5.74) is -0.506. The van der Waals surface area contributed by atoms with Crippen LogP contribution in [0.1, 0.15) is 77.2 Å². The van der Waals surface area contributed by atoms with Crippen molar-refractivity contribution in [3.63, 3.8) is 0 Å². The molecule has 4 saturated carbocycles. The van der Waals surface area contributed by atoms with Crippen LogP contribution in [0.3, 0.4) is 0 Å². The standard InChI is InChI=1S/C25H35F2N3O/c1-23(31)9-7-18-17(11-23)3-4-20-19(18)8-10-24(2)21(20)5-6-22(24)25(26,27)15-30-14-16(12-28)13-29-30/h13-14,17-22,31H,3-11,15H2,1-2H3/t17-,18+,19-,20-,21+,22?,23-,24+/m1/s1. The molecule has 4 aliphatic rings. The molecule has 1 aromatic rings. The predicted octanol–water partition coefficient (Wildman–Crippen LogP) is 5.41. The molecule has 1 unspecified atom stereocenters. The zero-order valence-electron chi connectivity index (χ0n) is 18.7. The Balaban J connectivity index is 1.33. The van der Waals surface area contributed by atoms with Gasteiger partial charge in [0.2, 0.25) is 0 Å². The van der Waals surface area contributed by atoms with Crippen LogP contribution in [0.2, 0.25) is 0 Å². The number of hydrogen-bond donors (Lipinski definition) is 1. The van der Waals surface area contributed by atoms with E-state index in [0.717, 1.165) is 51.4 Å². The summed E-state index contributed by atoms with van der Waals surface area (Å²) in [4.78, 5) is 0. The van der Waals surface area contributed by atoms with E-state index in [9.17, 15) is 5.11 Å². The lowest BCUT2D eigenvalue weighted by molar-refractivity contribution is -0.148. The van der Waals surface area contributed by atoms with E-state index < -0.39 is 24.0 Å². The van der Waals surface area contributed by atoms with E-state index in [2.05, 4.69) is 12.0 Å². The number of aliphatic hydroxyl groups is 1. The molecule has 6 heteroatoms. The first-order valence-electron chi connectivity index (χ1n) is 12.2. The summed E-state index contributed by atoms with van der Waals surface area (Å²) in [6.45, 7) is 3.69. The third-order valence-electron chi connectivity index (χ3n) is 9.88. The van der Waals surface area contributed by atoms with Crippen molar-refractivity contribution in [1.82, 2.24) is 9.78 Å². The van der Waals surface area contributed by atoms with E-state index >= 15 is 8.78 Å². The molecule has 8 atom stereocenters. The van der Waals surface area contributed by atoms with Gasteiger partial charge in [-0.3, -0.25) is 4.68 Å². The molecule has 31 heavy (non-hydrogen) atoms. The highest BCUT2D eigenvalue weighted by Gasteiger charge is 2.62. The Bertz CT molecular complexity index is 874. The zero-order chi connectivity index (χ0) is 22.0. The summed E-state index contributed by atoms with van der Waals surface area (Å²) in [7, 11) is 0. The number of nitrogens with zero attached hydrogens (tertiary/aromatic N) is 3. The van der Waals surface area contributed by atoms with Gasteiger partial charge < -0.3 is 5.11 Å². The van der Waals surface area contributed by atoms with Crippen molar-refractivity contribution in [2.45, 2.75) is 89.7 Å². The second-order valence-corrected chi connectivity index (χ2v) is 11.6. The van der Waals surface area contributed by atoms with Crippen LogP contribution < -0.4 is 0 Å². The van der Waals surface area contributed by atoms with Crippen LogP contribution in [-0.2, 0) is 6.54 Å². The first kappa shape index (κ1) is 21.4. The first-order valence-corrected chi connectivity index (χ1v) is 12.2. The summed E-state index contributed by atoms with van der Waals surface area (Å²) in [6, 6.07) is 1.97. The molecule has 0 saturated heterocycles. The minimum absolute atomic E-state index is 0.317. The number of alkyl halides is 2. The third-order valence-corrected chi connectivity index (χ3v) is 9.88. The molecule has 1 heterocycles. The zero-order valence-corrected chi connectivity index (χ0v) is 18.7. The van der Waals surface area contributed by atoms with Crippen molar-refractivity contribution in [3.8, 4) is 6.07 Å². The molecular weight excluding hydrogens is 396 g/mol. The molecule has 0 aromatic carbocycles. The lowest BCUT2D eigenvalue weighted by Crippen LogP contribution is -2.52. The topological polar surface area (TPSA) is 61.8 Å². The van der Waals surface area contributed by atoms with Gasteiger partial charge in [0, 0.05) is 12.1 Å². The van der Waals surface area contributed by atoms with Crippen LogP contribution >= 0.6 is 0 Å². The van der Waals surface area contributed by atoms with E-state index in [4.69, 9.17) is 5.26 Å². The number of rotatable bonds is 3. The highest BCUT2D eigenvalue weighted by atomic mass is 19.3. The smallest absolute Gasteiger partial charge is 0.270 e. The van der Waals surface area contributed by atoms with Crippen LogP contribution in [-0.4, -0.2) is 26.4 Å². The fourth-order valence-electron chi connectivity index (χ4n) is 8.61. The fraction of sp³-hybridized carbons (Fsp3) is 0.840. The maximum Gasteiger partial charge on any atom is 0.270 e. The van der Waals surface area contributed by atoms with Gasteiger partial charge in [0.05, 0.1) is 17.4 Å². The summed E-state index contributed by atoms with van der Waals surface area (Å²) in [5, 5.41) is 23.5. The molecule has 0 bridgehead atoms. The van der Waals surface area contributed by atoms with Gasteiger partial charge in [0.1, 0.15) is 12.6 Å². The van der Waals surface area contributed by atoms with Crippen LogP contribution in [0.5, 0.6) is 0 Å². The summed E-state index contributed by atoms with van der Waals surface area (Å²) < 4.78 is 32.4. The summed E-state index contributed by atoms with van der Waals surface area (Å²) in [6.07, 6.45) is 11.4. The Morgan fingerprint density at radius 2 is 1.90 bits per heavy atom. The van der Waals surface area contributed by atoms with Gasteiger partial charge in [0.15, 0.2) is 0 Å². The summed E-state index contributed by atoms with van der Waals surface area (Å²) >= 11 is 0. The van der Waals surface area contributed by atoms with E-state index in [-0.39, 0.29) is 5.41 Å². The van der Waals surface area contributed by atoms with Crippen molar-refractivity contribution < 1.29 is 13.9 Å². The van der Waals surface area contributed by atoms with E-state index in [0.29, 0.717) is 41.6 Å². The number of hydrogen-bond acceptors (Lipinski definition) is 3. The van der Waals surface area contributed by atoms with Gasteiger partial charge in [0.25, 0.3) is 5.92 Å². The largest absolute Gasteiger partial charge is 0.390 e. The highest BCUT2D eigenvalue weighted by molar-refractivity contribution is 5.21. The molecule has 4 fully saturated rings. The average molecular weight is 432 g/mol. The van der Waals surface area contributed by atoms with Gasteiger partial charge in [-0.05, 0) is 99.7 Å². The molecule has 5 rings (SSSR count). The van der Waals surface area contributed by atoms with Gasteiger partial charge in [-0.1, -0.05) is 6.92 Å². The second-order valence-electron chi connectivity index (χ2n) is 11.6. The average Bonchev–Trinajstić information content (AvgIpc) is 3.30. The minimum atomic E-state index is -2.82. The van der Waals surface area contributed by atoms with E-state index in [1.165, 1.54) is 17.1 Å². The molecule has 0 aliphatic heterocycles. The molecular formula is C25H35F2N3O. The van der Waals surface area contributed by atoms with Crippen molar-refractivity contribution in [2.75, 3.05) is 0 Å². The van der Waals surface area contributed by atoms with Crippen LogP contribution in [0.4, 0.5) is 8.78 Å². The SMILES string of the molecule is C[C@@]1(O)CC[C@H]2[C@H](CC[C@@H]3[C@@H]2CC[C@]2(C)C(C(F)(F)Cn4cc(C#N)cn4)CC[C@@H]32)C1. The van der Waals surface area contributed by atoms with Gasteiger partial charge in [-0.25, -0.2) is 8.78 Å². The molecule has 0 radical (unpaired) electrons. The lowest BCUT2D eigenvalue weighted by Gasteiger charge is -2.57. The Kier molecular flexibility index (Phi) is 5.01. The maximum absolute atomic E-state index is 15.6. The Hall–Kier alpha value is -1.48. The lowest BCUT2D eigenvalue weighted by atomic mass is 9.49. The molecule has 1 N–H and O–H groups in total. The van der Waals surface area contributed by atoms with Crippen LogP contribution in [0, 0.1) is 52.3 Å². The van der Waals surface area contributed by atoms with E-state index in [1.54, 1.807) is 0 Å². The Labute approximate surface area is 184 Å². The summed E-state index contributed by atoms with van der Waals surface area (Å²) in [5.74, 6) is -0.541. The number of aromatic nitrogens is 2. The molecule has 4 aliphatic carbocycles. The molecule has 1 aromatic heterocycles. The maximum atomic E-state index is 15.6. The second kappa shape index (κ2) is 7.27. The minimum Gasteiger partial charge on any atom is -0.390 e. The Morgan fingerprint density at radius 1 is 1.13 bits per heavy atom. The number of fused-ring (bicyclic) bond motifs is 5.